The van der Waals surface area contributed by atoms with Gasteiger partial charge in [-0.3, -0.25) is 0 Å². The number of rotatable bonds is 3. The van der Waals surface area contributed by atoms with Crippen molar-refractivity contribution in [3.63, 3.8) is 0 Å². The Bertz CT molecular complexity index is 362. The Kier molecular flexibility index (Phi) is 3.91. The van der Waals surface area contributed by atoms with Gasteiger partial charge in [0.15, 0.2) is 0 Å². The first kappa shape index (κ1) is 12.0. The van der Waals surface area contributed by atoms with Crippen molar-refractivity contribution in [2.24, 2.45) is 5.92 Å². The van der Waals surface area contributed by atoms with Crippen LogP contribution in [0.5, 0.6) is 0 Å². The second-order valence-electron chi connectivity index (χ2n) is 4.81. The Morgan fingerprint density at radius 2 is 2.19 bits per heavy atom. The van der Waals surface area contributed by atoms with Crippen LogP contribution < -0.4 is 5.32 Å². The number of halogens is 1. The average Bonchev–Trinajstić information content (AvgIpc) is 2.71. The molecule has 1 fully saturated rings. The van der Waals surface area contributed by atoms with Crippen molar-refractivity contribution in [2.45, 2.75) is 45.6 Å². The summed E-state index contributed by atoms with van der Waals surface area (Å²) < 4.78 is 1.16. The molecule has 0 saturated heterocycles. The van der Waals surface area contributed by atoms with Crippen molar-refractivity contribution >= 4 is 21.6 Å². The zero-order valence-electron chi connectivity index (χ0n) is 10.1. The number of hydrogen-bond donors (Lipinski definition) is 1. The average molecular weight is 282 g/mol. The van der Waals surface area contributed by atoms with E-state index >= 15 is 0 Å². The summed E-state index contributed by atoms with van der Waals surface area (Å²) in [5, 5.41) is 3.72. The molecule has 1 nitrogen and oxygen atoms in total. The fourth-order valence-electron chi connectivity index (χ4n) is 2.66. The number of anilines is 1. The normalized spacial score (nSPS) is 24.7. The molecular formula is C14H20BrN. The van der Waals surface area contributed by atoms with Crippen molar-refractivity contribution in [1.82, 2.24) is 0 Å². The van der Waals surface area contributed by atoms with Crippen molar-refractivity contribution in [1.29, 1.82) is 0 Å². The van der Waals surface area contributed by atoms with E-state index in [0.29, 0.717) is 6.04 Å². The maximum absolute atomic E-state index is 3.72. The van der Waals surface area contributed by atoms with Gasteiger partial charge in [0.2, 0.25) is 0 Å². The third kappa shape index (κ3) is 2.60. The van der Waals surface area contributed by atoms with Crippen LogP contribution in [-0.2, 0) is 0 Å². The lowest BCUT2D eigenvalue weighted by atomic mass is 10.00. The molecule has 0 radical (unpaired) electrons. The molecule has 2 rings (SSSR count). The van der Waals surface area contributed by atoms with E-state index in [1.807, 2.05) is 0 Å². The quantitative estimate of drug-likeness (QED) is 0.843. The summed E-state index contributed by atoms with van der Waals surface area (Å²) in [4.78, 5) is 0. The first-order valence-corrected chi connectivity index (χ1v) is 7.02. The van der Waals surface area contributed by atoms with E-state index < -0.39 is 0 Å². The molecule has 2 atom stereocenters. The minimum Gasteiger partial charge on any atom is -0.382 e. The summed E-state index contributed by atoms with van der Waals surface area (Å²) in [5.74, 6) is 0.860. The molecule has 0 heterocycles. The molecule has 1 aromatic carbocycles. The minimum absolute atomic E-state index is 0.679. The molecule has 16 heavy (non-hydrogen) atoms. The first-order chi connectivity index (χ1) is 7.70. The number of hydrogen-bond acceptors (Lipinski definition) is 1. The Morgan fingerprint density at radius 1 is 1.38 bits per heavy atom. The highest BCUT2D eigenvalue weighted by Crippen LogP contribution is 2.32. The molecule has 0 aromatic heterocycles. The molecule has 1 aromatic rings. The van der Waals surface area contributed by atoms with E-state index in [-0.39, 0.29) is 0 Å². The van der Waals surface area contributed by atoms with E-state index in [0.717, 1.165) is 10.4 Å². The number of aryl methyl sites for hydroxylation is 1. The van der Waals surface area contributed by atoms with Crippen LogP contribution in [0, 0.1) is 12.8 Å². The van der Waals surface area contributed by atoms with Crippen LogP contribution >= 0.6 is 15.9 Å². The SMILES string of the molecule is CCC1CCCC1Nc1cc(Br)ccc1C. The lowest BCUT2D eigenvalue weighted by Crippen LogP contribution is -2.23. The minimum atomic E-state index is 0.679. The topological polar surface area (TPSA) is 12.0 Å². The van der Waals surface area contributed by atoms with Gasteiger partial charge >= 0.3 is 0 Å². The molecule has 88 valence electrons. The summed E-state index contributed by atoms with van der Waals surface area (Å²) >= 11 is 3.54. The molecule has 2 unspecified atom stereocenters. The summed E-state index contributed by atoms with van der Waals surface area (Å²) in [6, 6.07) is 7.15. The fourth-order valence-corrected chi connectivity index (χ4v) is 3.03. The van der Waals surface area contributed by atoms with Crippen LogP contribution in [0.2, 0.25) is 0 Å². The predicted molar refractivity (Wildman–Crippen MR) is 73.9 cm³/mol. The second-order valence-corrected chi connectivity index (χ2v) is 5.72. The lowest BCUT2D eigenvalue weighted by Gasteiger charge is -2.22. The van der Waals surface area contributed by atoms with Gasteiger partial charge < -0.3 is 5.32 Å². The summed E-state index contributed by atoms with van der Waals surface area (Å²) in [6.45, 7) is 4.48. The first-order valence-electron chi connectivity index (χ1n) is 6.23. The van der Waals surface area contributed by atoms with E-state index in [1.165, 1.54) is 36.9 Å². The van der Waals surface area contributed by atoms with E-state index in [4.69, 9.17) is 0 Å². The molecule has 1 aliphatic carbocycles. The summed E-state index contributed by atoms with van der Waals surface area (Å²) in [5.41, 5.74) is 2.63. The van der Waals surface area contributed by atoms with Crippen molar-refractivity contribution in [2.75, 3.05) is 5.32 Å². The van der Waals surface area contributed by atoms with Gasteiger partial charge in [0.25, 0.3) is 0 Å². The maximum atomic E-state index is 3.72. The standard InChI is InChI=1S/C14H20BrN/c1-3-11-5-4-6-13(11)16-14-9-12(15)8-7-10(14)2/h7-9,11,13,16H,3-6H2,1-2H3. The molecule has 0 amide bonds. The highest BCUT2D eigenvalue weighted by Gasteiger charge is 2.25. The van der Waals surface area contributed by atoms with Crippen LogP contribution in [0.25, 0.3) is 0 Å². The molecule has 0 bridgehead atoms. The monoisotopic (exact) mass is 281 g/mol. The van der Waals surface area contributed by atoms with Crippen LogP contribution in [0.15, 0.2) is 22.7 Å². The van der Waals surface area contributed by atoms with Gasteiger partial charge in [-0.05, 0) is 43.4 Å². The van der Waals surface area contributed by atoms with Gasteiger partial charge in [-0.1, -0.05) is 41.8 Å². The van der Waals surface area contributed by atoms with Gasteiger partial charge in [0, 0.05) is 16.2 Å². The summed E-state index contributed by atoms with van der Waals surface area (Å²) in [7, 11) is 0. The molecule has 1 aliphatic rings. The molecule has 1 saturated carbocycles. The van der Waals surface area contributed by atoms with Gasteiger partial charge in [-0.15, -0.1) is 0 Å². The number of benzene rings is 1. The van der Waals surface area contributed by atoms with Gasteiger partial charge in [-0.25, -0.2) is 0 Å². The van der Waals surface area contributed by atoms with Crippen LogP contribution in [0.1, 0.15) is 38.2 Å². The van der Waals surface area contributed by atoms with E-state index in [1.54, 1.807) is 0 Å². The van der Waals surface area contributed by atoms with E-state index in [2.05, 4.69) is 53.3 Å². The lowest BCUT2D eigenvalue weighted by molar-refractivity contribution is 0.489. The van der Waals surface area contributed by atoms with Crippen molar-refractivity contribution in [3.8, 4) is 0 Å². The maximum Gasteiger partial charge on any atom is 0.0383 e. The van der Waals surface area contributed by atoms with Gasteiger partial charge in [-0.2, -0.15) is 0 Å². The molecular weight excluding hydrogens is 262 g/mol. The van der Waals surface area contributed by atoms with Gasteiger partial charge in [0.05, 0.1) is 0 Å². The van der Waals surface area contributed by atoms with Crippen LogP contribution in [-0.4, -0.2) is 6.04 Å². The van der Waals surface area contributed by atoms with Gasteiger partial charge in [0.1, 0.15) is 0 Å². The zero-order chi connectivity index (χ0) is 11.5. The van der Waals surface area contributed by atoms with Crippen LogP contribution in [0.3, 0.4) is 0 Å². The zero-order valence-corrected chi connectivity index (χ0v) is 11.7. The van der Waals surface area contributed by atoms with Crippen molar-refractivity contribution in [3.05, 3.63) is 28.2 Å². The van der Waals surface area contributed by atoms with Crippen molar-refractivity contribution < 1.29 is 0 Å². The Labute approximate surface area is 107 Å². The third-order valence-electron chi connectivity index (χ3n) is 3.72. The Hall–Kier alpha value is -0.500. The largest absolute Gasteiger partial charge is 0.382 e. The molecule has 1 N–H and O–H groups in total. The van der Waals surface area contributed by atoms with Crippen LogP contribution in [0.4, 0.5) is 5.69 Å². The predicted octanol–water partition coefficient (Wildman–Crippen LogP) is 4.75. The molecule has 0 aliphatic heterocycles. The second kappa shape index (κ2) is 5.22. The van der Waals surface area contributed by atoms with E-state index in [9.17, 15) is 0 Å². The molecule has 2 heteroatoms. The highest BCUT2D eigenvalue weighted by molar-refractivity contribution is 9.10. The highest BCUT2D eigenvalue weighted by atomic mass is 79.9. The fraction of sp³-hybridized carbons (Fsp3) is 0.571. The third-order valence-corrected chi connectivity index (χ3v) is 4.22. The molecule has 0 spiro atoms. The smallest absolute Gasteiger partial charge is 0.0383 e. The number of nitrogens with one attached hydrogen (secondary N) is 1. The Morgan fingerprint density at radius 3 is 2.94 bits per heavy atom. The summed E-state index contributed by atoms with van der Waals surface area (Å²) in [6.07, 6.45) is 5.39. The Balaban J connectivity index is 2.11.